The first kappa shape index (κ1) is 15.5. The molecular weight excluding hydrogens is 268 g/mol. The molecule has 1 aliphatic rings. The second kappa shape index (κ2) is 7.78. The Kier molecular flexibility index (Phi) is 5.75. The highest BCUT2D eigenvalue weighted by molar-refractivity contribution is 5.94. The second-order valence-corrected chi connectivity index (χ2v) is 5.35. The molecule has 1 heterocycles. The zero-order chi connectivity index (χ0) is 15.1. The molecule has 1 aromatic rings. The number of rotatable bonds is 6. The van der Waals surface area contributed by atoms with Crippen molar-refractivity contribution in [2.75, 3.05) is 13.2 Å². The smallest absolute Gasteiger partial charge is 0.273 e. The minimum Gasteiger partial charge on any atom is -0.487 e. The molecule has 1 aliphatic carbocycles. The van der Waals surface area contributed by atoms with Gasteiger partial charge in [-0.05, 0) is 37.3 Å². The summed E-state index contributed by atoms with van der Waals surface area (Å²) in [6.45, 7) is 4.48. The van der Waals surface area contributed by atoms with Crippen molar-refractivity contribution in [2.24, 2.45) is 5.92 Å². The Morgan fingerprint density at radius 2 is 2.43 bits per heavy atom. The number of carbonyl (C=O) groups excluding carboxylic acids is 1. The zero-order valence-corrected chi connectivity index (χ0v) is 12.1. The van der Waals surface area contributed by atoms with Gasteiger partial charge in [0.05, 0.1) is 6.10 Å². The fraction of sp³-hybridized carbons (Fsp3) is 0.500. The molecule has 5 nitrogen and oxygen atoms in total. The first-order chi connectivity index (χ1) is 10.2. The topological polar surface area (TPSA) is 71.5 Å². The Morgan fingerprint density at radius 1 is 1.57 bits per heavy atom. The summed E-state index contributed by atoms with van der Waals surface area (Å²) >= 11 is 0. The Labute approximate surface area is 125 Å². The molecule has 1 amide bonds. The summed E-state index contributed by atoms with van der Waals surface area (Å²) in [6.07, 6.45) is 6.63. The highest BCUT2D eigenvalue weighted by atomic mass is 16.5. The van der Waals surface area contributed by atoms with E-state index in [1.807, 2.05) is 0 Å². The molecule has 0 bridgehead atoms. The molecule has 0 spiro atoms. The molecule has 2 N–H and O–H groups in total. The van der Waals surface area contributed by atoms with Crippen molar-refractivity contribution in [3.63, 3.8) is 0 Å². The van der Waals surface area contributed by atoms with Crippen LogP contribution in [-0.2, 0) is 0 Å². The first-order valence-corrected chi connectivity index (χ1v) is 7.35. The minimum absolute atomic E-state index is 0.234. The van der Waals surface area contributed by atoms with Crippen LogP contribution in [0.2, 0.25) is 0 Å². The second-order valence-electron chi connectivity index (χ2n) is 5.35. The van der Waals surface area contributed by atoms with E-state index >= 15 is 0 Å². The van der Waals surface area contributed by atoms with Gasteiger partial charge < -0.3 is 15.2 Å². The molecule has 2 atom stereocenters. The van der Waals surface area contributed by atoms with E-state index in [4.69, 9.17) is 4.74 Å². The van der Waals surface area contributed by atoms with Crippen molar-refractivity contribution in [1.29, 1.82) is 0 Å². The lowest BCUT2D eigenvalue weighted by Gasteiger charge is -2.25. The summed E-state index contributed by atoms with van der Waals surface area (Å²) in [7, 11) is 0. The van der Waals surface area contributed by atoms with E-state index in [2.05, 4.69) is 16.9 Å². The molecule has 0 aliphatic heterocycles. The van der Waals surface area contributed by atoms with Gasteiger partial charge in [-0.3, -0.25) is 4.79 Å². The van der Waals surface area contributed by atoms with Gasteiger partial charge in [0.1, 0.15) is 6.61 Å². The Bertz CT molecular complexity index is 490. The number of ether oxygens (including phenoxy) is 1. The third kappa shape index (κ3) is 4.56. The predicted octanol–water partition coefficient (Wildman–Crippen LogP) is 1.93. The van der Waals surface area contributed by atoms with Crippen LogP contribution in [0.5, 0.6) is 5.75 Å². The van der Waals surface area contributed by atoms with E-state index in [0.717, 1.165) is 25.7 Å². The maximum absolute atomic E-state index is 12.2. The molecule has 5 heteroatoms. The van der Waals surface area contributed by atoms with Crippen molar-refractivity contribution >= 4 is 5.91 Å². The average Bonchev–Trinajstić information content (AvgIpc) is 2.51. The van der Waals surface area contributed by atoms with Crippen LogP contribution < -0.4 is 10.1 Å². The third-order valence-electron chi connectivity index (χ3n) is 3.65. The lowest BCUT2D eigenvalue weighted by Crippen LogP contribution is -2.33. The fourth-order valence-corrected chi connectivity index (χ4v) is 2.60. The maximum Gasteiger partial charge on any atom is 0.273 e. The zero-order valence-electron chi connectivity index (χ0n) is 12.1. The maximum atomic E-state index is 12.2. The molecule has 2 rings (SSSR count). The lowest BCUT2D eigenvalue weighted by molar-refractivity contribution is 0.0867. The van der Waals surface area contributed by atoms with Crippen LogP contribution in [0, 0.1) is 5.92 Å². The van der Waals surface area contributed by atoms with Crippen LogP contribution in [0.15, 0.2) is 31.0 Å². The highest BCUT2D eigenvalue weighted by Crippen LogP contribution is 2.23. The van der Waals surface area contributed by atoms with Crippen LogP contribution in [-0.4, -0.2) is 35.3 Å². The molecule has 1 aromatic heterocycles. The molecule has 0 radical (unpaired) electrons. The van der Waals surface area contributed by atoms with Crippen LogP contribution in [0.4, 0.5) is 0 Å². The Morgan fingerprint density at radius 3 is 3.19 bits per heavy atom. The van der Waals surface area contributed by atoms with Crippen LogP contribution >= 0.6 is 0 Å². The SMILES string of the molecule is C=CCOc1cccnc1C(=O)NCC1CCCC(O)C1. The van der Waals surface area contributed by atoms with E-state index in [0.29, 0.717) is 24.8 Å². The largest absolute Gasteiger partial charge is 0.487 e. The van der Waals surface area contributed by atoms with Crippen molar-refractivity contribution in [1.82, 2.24) is 10.3 Å². The minimum atomic E-state index is -0.241. The number of amides is 1. The standard InChI is InChI=1S/C16H22N2O3/c1-2-9-21-14-7-4-8-17-15(14)16(20)18-11-12-5-3-6-13(19)10-12/h2,4,7-8,12-13,19H,1,3,5-6,9-11H2,(H,18,20). The summed E-state index contributed by atoms with van der Waals surface area (Å²) in [4.78, 5) is 16.3. The molecule has 21 heavy (non-hydrogen) atoms. The van der Waals surface area contributed by atoms with Gasteiger partial charge in [0.15, 0.2) is 11.4 Å². The number of hydrogen-bond donors (Lipinski definition) is 2. The van der Waals surface area contributed by atoms with Crippen molar-refractivity contribution < 1.29 is 14.6 Å². The van der Waals surface area contributed by atoms with Gasteiger partial charge in [0, 0.05) is 12.7 Å². The molecule has 1 saturated carbocycles. The van der Waals surface area contributed by atoms with Crippen LogP contribution in [0.25, 0.3) is 0 Å². The quantitative estimate of drug-likeness (QED) is 0.785. The van der Waals surface area contributed by atoms with Gasteiger partial charge in [-0.1, -0.05) is 19.1 Å². The summed E-state index contributed by atoms with van der Waals surface area (Å²) in [6, 6.07) is 3.45. The van der Waals surface area contributed by atoms with E-state index in [1.165, 1.54) is 0 Å². The van der Waals surface area contributed by atoms with E-state index in [9.17, 15) is 9.90 Å². The normalized spacial score (nSPS) is 21.6. The first-order valence-electron chi connectivity index (χ1n) is 7.35. The third-order valence-corrected chi connectivity index (χ3v) is 3.65. The summed E-state index contributed by atoms with van der Waals surface area (Å²) < 4.78 is 5.43. The number of nitrogens with zero attached hydrogens (tertiary/aromatic N) is 1. The molecular formula is C16H22N2O3. The van der Waals surface area contributed by atoms with Gasteiger partial charge in [0.25, 0.3) is 5.91 Å². The van der Waals surface area contributed by atoms with Gasteiger partial charge in [-0.2, -0.15) is 0 Å². The van der Waals surface area contributed by atoms with Gasteiger partial charge in [-0.25, -0.2) is 4.98 Å². The summed E-state index contributed by atoms with van der Waals surface area (Å²) in [5.74, 6) is 0.548. The molecule has 0 saturated heterocycles. The molecule has 114 valence electrons. The van der Waals surface area contributed by atoms with Crippen LogP contribution in [0.3, 0.4) is 0 Å². The van der Waals surface area contributed by atoms with Gasteiger partial charge >= 0.3 is 0 Å². The van der Waals surface area contributed by atoms with Gasteiger partial charge in [-0.15, -0.1) is 0 Å². The van der Waals surface area contributed by atoms with Crippen molar-refractivity contribution in [3.05, 3.63) is 36.7 Å². The number of aliphatic hydroxyl groups excluding tert-OH is 1. The predicted molar refractivity (Wildman–Crippen MR) is 80.2 cm³/mol. The van der Waals surface area contributed by atoms with Crippen LogP contribution in [0.1, 0.15) is 36.2 Å². The highest BCUT2D eigenvalue weighted by Gasteiger charge is 2.21. The monoisotopic (exact) mass is 290 g/mol. The number of aliphatic hydroxyl groups is 1. The summed E-state index contributed by atoms with van der Waals surface area (Å²) in [5.41, 5.74) is 0.288. The van der Waals surface area contributed by atoms with E-state index in [1.54, 1.807) is 24.4 Å². The number of hydrogen-bond acceptors (Lipinski definition) is 4. The summed E-state index contributed by atoms with van der Waals surface area (Å²) in [5, 5.41) is 12.5. The molecule has 2 unspecified atom stereocenters. The average molecular weight is 290 g/mol. The van der Waals surface area contributed by atoms with Crippen molar-refractivity contribution in [3.8, 4) is 5.75 Å². The Hall–Kier alpha value is -1.88. The number of carbonyl (C=O) groups is 1. The molecule has 0 aromatic carbocycles. The Balaban J connectivity index is 1.92. The van der Waals surface area contributed by atoms with E-state index in [-0.39, 0.29) is 17.7 Å². The number of nitrogens with one attached hydrogen (secondary N) is 1. The number of pyridine rings is 1. The number of aromatic nitrogens is 1. The fourth-order valence-electron chi connectivity index (χ4n) is 2.60. The van der Waals surface area contributed by atoms with E-state index < -0.39 is 0 Å². The lowest BCUT2D eigenvalue weighted by atomic mass is 9.87. The van der Waals surface area contributed by atoms with Crippen molar-refractivity contribution in [2.45, 2.75) is 31.8 Å². The van der Waals surface area contributed by atoms with Gasteiger partial charge in [0.2, 0.25) is 0 Å². The molecule has 1 fully saturated rings.